The van der Waals surface area contributed by atoms with Crippen LogP contribution in [0.25, 0.3) is 0 Å². The molecule has 2 rings (SSSR count). The largest absolute Gasteiger partial charge is 0.507 e. The number of phenolic OH excluding ortho intramolecular Hbond substituents is 2. The van der Waals surface area contributed by atoms with Gasteiger partial charge in [-0.15, -0.1) is 0 Å². The molecule has 0 aliphatic carbocycles. The Bertz CT molecular complexity index is 1140. The highest BCUT2D eigenvalue weighted by molar-refractivity contribution is 6.09. The predicted octanol–water partition coefficient (Wildman–Crippen LogP) is 8.43. The summed E-state index contributed by atoms with van der Waals surface area (Å²) in [4.78, 5) is 17.3. The van der Waals surface area contributed by atoms with Crippen molar-refractivity contribution in [2.75, 3.05) is 9.80 Å². The van der Waals surface area contributed by atoms with Gasteiger partial charge in [0.15, 0.2) is 0 Å². The number of aryl methyl sites for hydroxylation is 2. The van der Waals surface area contributed by atoms with Crippen molar-refractivity contribution >= 4 is 17.4 Å². The lowest BCUT2D eigenvalue weighted by atomic mass is 9.83. The van der Waals surface area contributed by atoms with E-state index >= 15 is 0 Å². The molecular weight excluding hydrogens is 448 g/mol. The van der Waals surface area contributed by atoms with Gasteiger partial charge in [0.2, 0.25) is 0 Å². The van der Waals surface area contributed by atoms with Gasteiger partial charge in [0, 0.05) is 22.5 Å². The summed E-state index contributed by atoms with van der Waals surface area (Å²) in [7, 11) is 0. The van der Waals surface area contributed by atoms with Crippen molar-refractivity contribution in [3.8, 4) is 11.5 Å². The van der Waals surface area contributed by atoms with E-state index in [2.05, 4.69) is 13.2 Å². The van der Waals surface area contributed by atoms with Crippen LogP contribution < -0.4 is 9.80 Å². The number of nitrogens with zero attached hydrogens (tertiary/aromatic N) is 2. The molecule has 2 amide bonds. The highest BCUT2D eigenvalue weighted by Gasteiger charge is 2.33. The number of benzene rings is 2. The minimum Gasteiger partial charge on any atom is -0.507 e. The fraction of sp³-hybridized carbons (Fsp3) is 0.452. The van der Waals surface area contributed by atoms with Gasteiger partial charge in [-0.2, -0.15) is 0 Å². The highest BCUT2D eigenvalue weighted by atomic mass is 16.3. The molecule has 5 nitrogen and oxygen atoms in total. The minimum absolute atomic E-state index is 0.170. The Balaban J connectivity index is 2.83. The second kappa shape index (κ2) is 9.68. The first-order valence-corrected chi connectivity index (χ1v) is 12.4. The van der Waals surface area contributed by atoms with Crippen LogP contribution >= 0.6 is 0 Å². The van der Waals surface area contributed by atoms with Gasteiger partial charge in [0.1, 0.15) is 11.5 Å². The number of phenols is 2. The van der Waals surface area contributed by atoms with Crippen molar-refractivity contribution in [2.24, 2.45) is 0 Å². The van der Waals surface area contributed by atoms with E-state index in [9.17, 15) is 15.0 Å². The number of carbonyl (C=O) groups excluding carboxylic acids is 1. The first-order chi connectivity index (χ1) is 16.2. The first kappa shape index (κ1) is 29.0. The summed E-state index contributed by atoms with van der Waals surface area (Å²) in [6.07, 6.45) is 0. The molecule has 0 heterocycles. The van der Waals surface area contributed by atoms with Gasteiger partial charge >= 0.3 is 6.03 Å². The summed E-state index contributed by atoms with van der Waals surface area (Å²) in [5.74, 6) is 0.340. The second-order valence-electron chi connectivity index (χ2n) is 12.1. The molecule has 196 valence electrons. The fourth-order valence-electron chi connectivity index (χ4n) is 4.76. The first-order valence-electron chi connectivity index (χ1n) is 12.4. The summed E-state index contributed by atoms with van der Waals surface area (Å²) < 4.78 is 0. The number of rotatable bonds is 4. The van der Waals surface area contributed by atoms with Crippen molar-refractivity contribution in [1.82, 2.24) is 0 Å². The van der Waals surface area contributed by atoms with E-state index in [0.717, 1.165) is 22.3 Å². The number of hydrogen-bond donors (Lipinski definition) is 2. The third-order valence-electron chi connectivity index (χ3n) is 6.61. The minimum atomic E-state index is -0.377. The zero-order chi connectivity index (χ0) is 28.1. The third-order valence-corrected chi connectivity index (χ3v) is 6.61. The summed E-state index contributed by atoms with van der Waals surface area (Å²) in [6.45, 7) is 31.5. The summed E-state index contributed by atoms with van der Waals surface area (Å²) in [6, 6.07) is 3.50. The van der Waals surface area contributed by atoms with Crippen LogP contribution in [0.2, 0.25) is 0 Å². The van der Waals surface area contributed by atoms with Crippen LogP contribution in [0.4, 0.5) is 16.2 Å². The van der Waals surface area contributed by atoms with E-state index in [0.29, 0.717) is 33.9 Å². The van der Waals surface area contributed by atoms with Gasteiger partial charge in [-0.25, -0.2) is 4.79 Å². The maximum atomic E-state index is 14.3. The fourth-order valence-corrected chi connectivity index (χ4v) is 4.76. The molecule has 2 aromatic carbocycles. The maximum Gasteiger partial charge on any atom is 0.337 e. The Morgan fingerprint density at radius 1 is 0.694 bits per heavy atom. The Morgan fingerprint density at radius 3 is 1.19 bits per heavy atom. The molecule has 0 saturated heterocycles. The van der Waals surface area contributed by atoms with Crippen LogP contribution in [-0.2, 0) is 10.8 Å². The number of hydrogen-bond acceptors (Lipinski definition) is 3. The highest BCUT2D eigenvalue weighted by Crippen LogP contribution is 2.44. The number of allylic oxidation sites excluding steroid dienone is 2. The quantitative estimate of drug-likeness (QED) is 0.450. The Hall–Kier alpha value is -3.21. The van der Waals surface area contributed by atoms with Crippen LogP contribution in [0.5, 0.6) is 11.5 Å². The van der Waals surface area contributed by atoms with Crippen LogP contribution in [0.1, 0.15) is 88.8 Å². The van der Waals surface area contributed by atoms with Gasteiger partial charge in [0.25, 0.3) is 0 Å². The van der Waals surface area contributed by atoms with Gasteiger partial charge < -0.3 is 10.2 Å². The molecule has 0 fully saturated rings. The van der Waals surface area contributed by atoms with E-state index in [4.69, 9.17) is 0 Å². The summed E-state index contributed by atoms with van der Waals surface area (Å²) >= 11 is 0. The Morgan fingerprint density at radius 2 is 0.972 bits per heavy atom. The van der Waals surface area contributed by atoms with Crippen molar-refractivity contribution in [2.45, 2.75) is 93.9 Å². The SMILES string of the molecule is C=C(C)N(C(=O)N(C(=C)C)c1c(C)cc(C(C)(C)C)c(O)c1C)c1c(C)cc(C(C)(C)C)c(O)c1C. The molecule has 0 aliphatic heterocycles. The van der Waals surface area contributed by atoms with Crippen molar-refractivity contribution in [1.29, 1.82) is 0 Å². The van der Waals surface area contributed by atoms with Gasteiger partial charge in [-0.05, 0) is 86.8 Å². The topological polar surface area (TPSA) is 64.0 Å². The van der Waals surface area contributed by atoms with Crippen molar-refractivity contribution < 1.29 is 15.0 Å². The molecule has 0 unspecified atom stereocenters. The number of aromatic hydroxyl groups is 2. The van der Waals surface area contributed by atoms with Gasteiger partial charge in [-0.1, -0.05) is 54.7 Å². The molecule has 0 aliphatic rings. The number of urea groups is 1. The standard InChI is InChI=1S/C31H44N2O3/c1-17(2)32(25-19(5)15-23(30(9,10)11)27(34)21(25)7)29(36)33(18(3)4)26-20(6)16-24(31(12,13)14)28(35)22(26)8/h15-16,34-35H,1,3H2,2,4-14H3. The lowest BCUT2D eigenvalue weighted by molar-refractivity contribution is 0.254. The van der Waals surface area contributed by atoms with E-state index < -0.39 is 0 Å². The maximum absolute atomic E-state index is 14.3. The Kier molecular flexibility index (Phi) is 7.81. The van der Waals surface area contributed by atoms with Gasteiger partial charge in [-0.3, -0.25) is 9.80 Å². The summed E-state index contributed by atoms with van der Waals surface area (Å²) in [5, 5.41) is 22.2. The molecule has 0 radical (unpaired) electrons. The van der Waals surface area contributed by atoms with Crippen LogP contribution in [0.3, 0.4) is 0 Å². The smallest absolute Gasteiger partial charge is 0.337 e. The number of carbonyl (C=O) groups is 1. The zero-order valence-corrected chi connectivity index (χ0v) is 24.3. The average Bonchev–Trinajstić information content (AvgIpc) is 2.70. The van der Waals surface area contributed by atoms with Crippen LogP contribution in [0.15, 0.2) is 36.7 Å². The number of amides is 2. The molecule has 0 bridgehead atoms. The van der Waals surface area contributed by atoms with Crippen molar-refractivity contribution in [3.05, 3.63) is 70.1 Å². The average molecular weight is 493 g/mol. The molecule has 0 aromatic heterocycles. The molecular formula is C31H44N2O3. The van der Waals surface area contributed by atoms with Crippen LogP contribution in [0, 0.1) is 27.7 Å². The molecule has 2 aromatic rings. The normalized spacial score (nSPS) is 11.9. The molecule has 2 N–H and O–H groups in total. The molecule has 36 heavy (non-hydrogen) atoms. The number of anilines is 2. The molecule has 0 atom stereocenters. The van der Waals surface area contributed by atoms with E-state index in [1.54, 1.807) is 13.8 Å². The molecule has 5 heteroatoms. The lowest BCUT2D eigenvalue weighted by Gasteiger charge is -2.36. The van der Waals surface area contributed by atoms with Crippen molar-refractivity contribution in [3.63, 3.8) is 0 Å². The zero-order valence-electron chi connectivity index (χ0n) is 24.3. The van der Waals surface area contributed by atoms with Gasteiger partial charge in [0.05, 0.1) is 11.4 Å². The van der Waals surface area contributed by atoms with E-state index in [-0.39, 0.29) is 28.4 Å². The summed E-state index contributed by atoms with van der Waals surface area (Å²) in [5.41, 5.74) is 6.24. The van der Waals surface area contributed by atoms with E-state index in [1.165, 1.54) is 9.80 Å². The van der Waals surface area contributed by atoms with E-state index in [1.807, 2.05) is 81.4 Å². The van der Waals surface area contributed by atoms with Crippen LogP contribution in [-0.4, -0.2) is 16.2 Å². The molecule has 0 spiro atoms. The second-order valence-corrected chi connectivity index (χ2v) is 12.1. The Labute approximate surface area is 217 Å². The molecule has 0 saturated carbocycles. The predicted molar refractivity (Wildman–Crippen MR) is 153 cm³/mol. The lowest BCUT2D eigenvalue weighted by Crippen LogP contribution is -2.42. The monoisotopic (exact) mass is 492 g/mol. The third kappa shape index (κ3) is 5.16.